The van der Waals surface area contributed by atoms with Crippen LogP contribution in [0.5, 0.6) is 0 Å². The molecule has 6 nitrogen and oxygen atoms in total. The summed E-state index contributed by atoms with van der Waals surface area (Å²) >= 11 is 0. The van der Waals surface area contributed by atoms with E-state index in [1.165, 1.54) is 0 Å². The van der Waals surface area contributed by atoms with Crippen molar-refractivity contribution in [3.8, 4) is 0 Å². The molecule has 0 aromatic rings. The first-order chi connectivity index (χ1) is 8.09. The Morgan fingerprint density at radius 2 is 2.00 bits per heavy atom. The Balaban J connectivity index is 1.83. The van der Waals surface area contributed by atoms with Gasteiger partial charge in [0.15, 0.2) is 0 Å². The van der Waals surface area contributed by atoms with Gasteiger partial charge in [0.2, 0.25) is 0 Å². The van der Waals surface area contributed by atoms with Gasteiger partial charge in [-0.25, -0.2) is 0 Å². The molecule has 2 amide bonds. The number of hydrogen-bond donors (Lipinski definition) is 1. The maximum Gasteiger partial charge on any atom is 0.319 e. The van der Waals surface area contributed by atoms with Crippen LogP contribution < -0.4 is 0 Å². The van der Waals surface area contributed by atoms with Gasteiger partial charge < -0.3 is 4.74 Å². The lowest BCUT2D eigenvalue weighted by Gasteiger charge is -2.12. The lowest BCUT2D eigenvalue weighted by Crippen LogP contribution is -2.30. The zero-order valence-corrected chi connectivity index (χ0v) is 9.42. The van der Waals surface area contributed by atoms with Crippen molar-refractivity contribution in [1.29, 1.82) is 0 Å². The molecule has 94 valence electrons. The maximum absolute atomic E-state index is 11.6. The van der Waals surface area contributed by atoms with Crippen LogP contribution in [0.2, 0.25) is 0 Å². The molecule has 2 rings (SSSR count). The first-order valence-corrected chi connectivity index (χ1v) is 5.82. The van der Waals surface area contributed by atoms with Crippen LogP contribution in [0.4, 0.5) is 0 Å². The van der Waals surface area contributed by atoms with E-state index < -0.39 is 23.7 Å². The molecule has 1 atom stereocenters. The van der Waals surface area contributed by atoms with Crippen LogP contribution in [0.25, 0.3) is 0 Å². The Bertz CT molecular complexity index is 348. The Labute approximate surface area is 98.5 Å². The molecule has 1 saturated carbocycles. The third-order valence-electron chi connectivity index (χ3n) is 3.34. The topological polar surface area (TPSA) is 83.9 Å². The predicted octanol–water partition coefficient (Wildman–Crippen LogP) is 0.484. The lowest BCUT2D eigenvalue weighted by molar-refractivity contribution is -0.173. The zero-order chi connectivity index (χ0) is 12.4. The molecule has 1 aliphatic carbocycles. The molecule has 1 saturated heterocycles. The largest absolute Gasteiger partial charge is 0.465 e. The van der Waals surface area contributed by atoms with E-state index in [4.69, 9.17) is 9.94 Å². The maximum atomic E-state index is 11.6. The number of hydrogen-bond acceptors (Lipinski definition) is 5. The zero-order valence-electron chi connectivity index (χ0n) is 9.42. The molecule has 0 aromatic carbocycles. The van der Waals surface area contributed by atoms with Crippen molar-refractivity contribution in [1.82, 2.24) is 5.06 Å². The number of nitrogens with zero attached hydrogens (tertiary/aromatic N) is 1. The monoisotopic (exact) mass is 241 g/mol. The smallest absolute Gasteiger partial charge is 0.319 e. The van der Waals surface area contributed by atoms with Crippen LogP contribution in [0.3, 0.4) is 0 Å². The number of carbonyl (C=O) groups excluding carboxylic acids is 3. The summed E-state index contributed by atoms with van der Waals surface area (Å²) < 4.78 is 5.03. The first kappa shape index (κ1) is 12.0. The number of ether oxygens (including phenoxy) is 1. The fraction of sp³-hybridized carbons (Fsp3) is 0.727. The van der Waals surface area contributed by atoms with E-state index in [0.717, 1.165) is 25.7 Å². The normalized spacial score (nSPS) is 25.7. The molecule has 0 spiro atoms. The summed E-state index contributed by atoms with van der Waals surface area (Å²) in [5, 5.41) is 8.99. The molecule has 1 N–H and O–H groups in total. The number of carbonyl (C=O) groups is 3. The van der Waals surface area contributed by atoms with Crippen LogP contribution in [-0.2, 0) is 19.1 Å². The summed E-state index contributed by atoms with van der Waals surface area (Å²) in [6.45, 7) is 0.308. The fourth-order valence-electron chi connectivity index (χ4n) is 2.28. The fourth-order valence-corrected chi connectivity index (χ4v) is 2.28. The summed E-state index contributed by atoms with van der Waals surface area (Å²) in [7, 11) is 0. The van der Waals surface area contributed by atoms with E-state index in [1.54, 1.807) is 0 Å². The van der Waals surface area contributed by atoms with E-state index in [0.29, 0.717) is 12.5 Å². The van der Waals surface area contributed by atoms with E-state index in [9.17, 15) is 14.4 Å². The highest BCUT2D eigenvalue weighted by molar-refractivity contribution is 6.11. The number of hydroxylamine groups is 2. The van der Waals surface area contributed by atoms with Gasteiger partial charge in [0.25, 0.3) is 11.8 Å². The van der Waals surface area contributed by atoms with E-state index in [1.807, 2.05) is 0 Å². The van der Waals surface area contributed by atoms with Gasteiger partial charge in [-0.05, 0) is 18.8 Å². The Morgan fingerprint density at radius 3 is 2.53 bits per heavy atom. The van der Waals surface area contributed by atoms with Crippen molar-refractivity contribution < 1.29 is 24.3 Å². The van der Waals surface area contributed by atoms with Gasteiger partial charge in [-0.3, -0.25) is 19.6 Å². The van der Waals surface area contributed by atoms with Crippen molar-refractivity contribution in [3.63, 3.8) is 0 Å². The minimum absolute atomic E-state index is 0.00148. The SMILES string of the molecule is O=C(OCC1CCCC1)C1CC(=O)N(O)C1=O. The van der Waals surface area contributed by atoms with E-state index in [-0.39, 0.29) is 11.5 Å². The van der Waals surface area contributed by atoms with Crippen molar-refractivity contribution >= 4 is 17.8 Å². The van der Waals surface area contributed by atoms with Gasteiger partial charge >= 0.3 is 5.97 Å². The summed E-state index contributed by atoms with van der Waals surface area (Å²) in [6, 6.07) is 0. The second-order valence-corrected chi connectivity index (χ2v) is 4.58. The van der Waals surface area contributed by atoms with Crippen LogP contribution in [0.15, 0.2) is 0 Å². The molecule has 6 heteroatoms. The van der Waals surface area contributed by atoms with Gasteiger partial charge in [0.1, 0.15) is 5.92 Å². The van der Waals surface area contributed by atoms with Crippen molar-refractivity contribution in [2.75, 3.05) is 6.61 Å². The van der Waals surface area contributed by atoms with Crippen molar-refractivity contribution in [3.05, 3.63) is 0 Å². The Hall–Kier alpha value is -1.43. The van der Waals surface area contributed by atoms with Crippen LogP contribution in [0, 0.1) is 11.8 Å². The molecule has 1 heterocycles. The second-order valence-electron chi connectivity index (χ2n) is 4.58. The molecular formula is C11H15NO5. The number of rotatable bonds is 3. The van der Waals surface area contributed by atoms with Crippen LogP contribution >= 0.6 is 0 Å². The van der Waals surface area contributed by atoms with Crippen LogP contribution in [-0.4, -0.2) is 34.7 Å². The van der Waals surface area contributed by atoms with Gasteiger partial charge in [0.05, 0.1) is 13.0 Å². The van der Waals surface area contributed by atoms with Crippen LogP contribution in [0.1, 0.15) is 32.1 Å². The molecular weight excluding hydrogens is 226 g/mol. The predicted molar refractivity (Wildman–Crippen MR) is 54.7 cm³/mol. The Morgan fingerprint density at radius 1 is 1.35 bits per heavy atom. The molecule has 1 aliphatic heterocycles. The van der Waals surface area contributed by atoms with Gasteiger partial charge in [-0.2, -0.15) is 5.06 Å². The first-order valence-electron chi connectivity index (χ1n) is 5.82. The molecule has 17 heavy (non-hydrogen) atoms. The standard InChI is InChI=1S/C11H15NO5/c13-9-5-8(10(14)12(9)16)11(15)17-6-7-3-1-2-4-7/h7-8,16H,1-6H2. The molecule has 2 fully saturated rings. The average molecular weight is 241 g/mol. The number of esters is 1. The third kappa shape index (κ3) is 2.46. The summed E-state index contributed by atoms with van der Waals surface area (Å²) in [5.41, 5.74) is 0. The highest BCUT2D eigenvalue weighted by atomic mass is 16.5. The van der Waals surface area contributed by atoms with E-state index >= 15 is 0 Å². The minimum Gasteiger partial charge on any atom is -0.465 e. The summed E-state index contributed by atoms with van der Waals surface area (Å²) in [4.78, 5) is 33.9. The minimum atomic E-state index is -1.16. The van der Waals surface area contributed by atoms with Crippen molar-refractivity contribution in [2.24, 2.45) is 11.8 Å². The van der Waals surface area contributed by atoms with E-state index in [2.05, 4.69) is 0 Å². The highest BCUT2D eigenvalue weighted by Gasteiger charge is 2.43. The third-order valence-corrected chi connectivity index (χ3v) is 3.34. The average Bonchev–Trinajstić information content (AvgIpc) is 2.91. The number of amides is 2. The molecule has 0 aromatic heterocycles. The molecule has 0 bridgehead atoms. The van der Waals surface area contributed by atoms with Gasteiger partial charge in [-0.15, -0.1) is 0 Å². The lowest BCUT2D eigenvalue weighted by atomic mass is 10.1. The summed E-state index contributed by atoms with van der Waals surface area (Å²) in [6.07, 6.45) is 4.08. The number of imide groups is 1. The second kappa shape index (κ2) is 4.83. The van der Waals surface area contributed by atoms with Gasteiger partial charge in [-0.1, -0.05) is 12.8 Å². The van der Waals surface area contributed by atoms with Crippen molar-refractivity contribution in [2.45, 2.75) is 32.1 Å². The van der Waals surface area contributed by atoms with Gasteiger partial charge in [0, 0.05) is 0 Å². The molecule has 1 unspecified atom stereocenters. The quantitative estimate of drug-likeness (QED) is 0.336. The Kier molecular flexibility index (Phi) is 3.42. The summed E-state index contributed by atoms with van der Waals surface area (Å²) in [5.74, 6) is -3.12. The highest BCUT2D eigenvalue weighted by Crippen LogP contribution is 2.26. The molecule has 0 radical (unpaired) electrons. The molecule has 2 aliphatic rings.